The van der Waals surface area contributed by atoms with E-state index in [0.717, 1.165) is 16.9 Å². The lowest BCUT2D eigenvalue weighted by atomic mass is 10.1. The van der Waals surface area contributed by atoms with Crippen LogP contribution in [0, 0.1) is 0 Å². The number of aromatic nitrogens is 1. The molecule has 1 aliphatic heterocycles. The summed E-state index contributed by atoms with van der Waals surface area (Å²) in [6.07, 6.45) is 3.36. The van der Waals surface area contributed by atoms with Crippen molar-refractivity contribution in [3.8, 4) is 0 Å². The lowest BCUT2D eigenvalue weighted by molar-refractivity contribution is -0.126. The molecular weight excluding hydrogens is 405 g/mol. The van der Waals surface area contributed by atoms with E-state index in [0.29, 0.717) is 34.6 Å². The highest BCUT2D eigenvalue weighted by Gasteiger charge is 2.30. The number of nitrogens with one attached hydrogen (secondary N) is 1. The highest BCUT2D eigenvalue weighted by atomic mass is 35.5. The smallest absolute Gasteiger partial charge is 0.255 e. The van der Waals surface area contributed by atoms with Crippen LogP contribution in [0.4, 0.5) is 5.13 Å². The van der Waals surface area contributed by atoms with Crippen molar-refractivity contribution in [2.24, 2.45) is 5.73 Å². The number of benzene rings is 1. The minimum Gasteiger partial charge on any atom is -0.364 e. The minimum absolute atomic E-state index is 0. The fraction of sp³-hybridized carbons (Fsp3) is 0.375. The highest BCUT2D eigenvalue weighted by Crippen LogP contribution is 2.27. The summed E-state index contributed by atoms with van der Waals surface area (Å²) < 4.78 is 5.58. The molecule has 2 atom stereocenters. The molecule has 136 valence electrons. The molecule has 0 spiro atoms. The number of nitrogens with zero attached hydrogens (tertiary/aromatic N) is 1. The van der Waals surface area contributed by atoms with Gasteiger partial charge in [-0.15, -0.1) is 23.7 Å². The number of thiazole rings is 1. The Morgan fingerprint density at radius 1 is 1.40 bits per heavy atom. The Labute approximate surface area is 166 Å². The van der Waals surface area contributed by atoms with Crippen LogP contribution in [0.5, 0.6) is 0 Å². The average molecular weight is 423 g/mol. The van der Waals surface area contributed by atoms with E-state index in [4.69, 9.17) is 33.7 Å². The van der Waals surface area contributed by atoms with Crippen molar-refractivity contribution in [3.63, 3.8) is 0 Å². The van der Waals surface area contributed by atoms with Gasteiger partial charge in [-0.3, -0.25) is 10.1 Å². The monoisotopic (exact) mass is 421 g/mol. The van der Waals surface area contributed by atoms with Gasteiger partial charge in [0.1, 0.15) is 6.10 Å². The number of rotatable bonds is 5. The molecule has 0 saturated carbocycles. The van der Waals surface area contributed by atoms with Crippen LogP contribution in [0.25, 0.3) is 0 Å². The topological polar surface area (TPSA) is 77.2 Å². The molecule has 3 N–H and O–H groups in total. The van der Waals surface area contributed by atoms with Gasteiger partial charge in [0.05, 0.1) is 6.10 Å². The number of carbonyl (C=O) groups is 1. The second-order valence-corrected chi connectivity index (χ2v) is 7.55. The van der Waals surface area contributed by atoms with E-state index in [1.165, 1.54) is 11.3 Å². The molecule has 5 nitrogen and oxygen atoms in total. The van der Waals surface area contributed by atoms with E-state index >= 15 is 0 Å². The van der Waals surface area contributed by atoms with Crippen LogP contribution in [-0.4, -0.2) is 29.6 Å². The third kappa shape index (κ3) is 5.29. The van der Waals surface area contributed by atoms with Crippen LogP contribution >= 0.6 is 46.9 Å². The lowest BCUT2D eigenvalue weighted by Gasteiger charge is -2.11. The third-order valence-corrected chi connectivity index (χ3v) is 5.34. The number of nitrogens with two attached hydrogens (primary N) is 1. The summed E-state index contributed by atoms with van der Waals surface area (Å²) in [7, 11) is 0. The van der Waals surface area contributed by atoms with E-state index < -0.39 is 6.10 Å². The van der Waals surface area contributed by atoms with Crippen LogP contribution in [0.2, 0.25) is 10.0 Å². The molecule has 9 heteroatoms. The van der Waals surface area contributed by atoms with E-state index in [-0.39, 0.29) is 24.4 Å². The van der Waals surface area contributed by atoms with E-state index in [2.05, 4.69) is 10.3 Å². The Morgan fingerprint density at radius 2 is 2.20 bits per heavy atom. The van der Waals surface area contributed by atoms with Crippen molar-refractivity contribution in [1.29, 1.82) is 0 Å². The summed E-state index contributed by atoms with van der Waals surface area (Å²) in [6.45, 7) is 0.436. The van der Waals surface area contributed by atoms with Gasteiger partial charge in [0.25, 0.3) is 5.91 Å². The first-order valence-corrected chi connectivity index (χ1v) is 9.17. The summed E-state index contributed by atoms with van der Waals surface area (Å²) in [5.41, 5.74) is 6.49. The van der Waals surface area contributed by atoms with Crippen molar-refractivity contribution in [2.75, 3.05) is 11.9 Å². The van der Waals surface area contributed by atoms with Gasteiger partial charge in [-0.05, 0) is 36.6 Å². The molecule has 1 aromatic carbocycles. The first-order chi connectivity index (χ1) is 11.5. The minimum atomic E-state index is -0.451. The van der Waals surface area contributed by atoms with E-state index in [1.807, 2.05) is 6.07 Å². The number of carbonyl (C=O) groups excluding carboxylic acids is 1. The normalized spacial score (nSPS) is 19.5. The van der Waals surface area contributed by atoms with Crippen molar-refractivity contribution in [3.05, 3.63) is 44.9 Å². The van der Waals surface area contributed by atoms with E-state index in [9.17, 15) is 4.79 Å². The Morgan fingerprint density at radius 3 is 2.92 bits per heavy atom. The Balaban J connectivity index is 0.00000225. The first-order valence-electron chi connectivity index (χ1n) is 7.60. The summed E-state index contributed by atoms with van der Waals surface area (Å²) in [5.74, 6) is -0.173. The largest absolute Gasteiger partial charge is 0.364 e. The van der Waals surface area contributed by atoms with Gasteiger partial charge in [-0.1, -0.05) is 23.2 Å². The summed E-state index contributed by atoms with van der Waals surface area (Å²) in [6, 6.07) is 5.36. The fourth-order valence-corrected chi connectivity index (χ4v) is 3.79. The number of hydrogen-bond donors (Lipinski definition) is 2. The van der Waals surface area contributed by atoms with Gasteiger partial charge in [0, 0.05) is 34.1 Å². The van der Waals surface area contributed by atoms with E-state index in [1.54, 1.807) is 18.3 Å². The third-order valence-electron chi connectivity index (χ3n) is 3.82. The van der Waals surface area contributed by atoms with Crippen LogP contribution < -0.4 is 11.1 Å². The molecule has 1 aromatic heterocycles. The van der Waals surface area contributed by atoms with Crippen molar-refractivity contribution >= 4 is 58.0 Å². The molecule has 0 aliphatic carbocycles. The van der Waals surface area contributed by atoms with Crippen molar-refractivity contribution in [2.45, 2.75) is 31.5 Å². The summed E-state index contributed by atoms with van der Waals surface area (Å²) in [4.78, 5) is 17.4. The number of anilines is 1. The zero-order valence-corrected chi connectivity index (χ0v) is 16.4. The lowest BCUT2D eigenvalue weighted by Crippen LogP contribution is -2.29. The Hall–Kier alpha value is -0.890. The number of halogens is 3. The maximum Gasteiger partial charge on any atom is 0.255 e. The first kappa shape index (κ1) is 20.4. The average Bonchev–Trinajstić information content (AvgIpc) is 3.20. The molecule has 0 radical (unpaired) electrons. The number of ether oxygens (including phenoxy) is 1. The molecule has 25 heavy (non-hydrogen) atoms. The predicted molar refractivity (Wildman–Crippen MR) is 104 cm³/mol. The maximum atomic E-state index is 12.2. The van der Waals surface area contributed by atoms with Crippen LogP contribution in [0.1, 0.15) is 23.3 Å². The molecule has 2 heterocycles. The number of amides is 1. The molecule has 1 aliphatic rings. The maximum absolute atomic E-state index is 12.2. The Bertz CT molecular complexity index is 741. The quantitative estimate of drug-likeness (QED) is 0.766. The molecule has 0 unspecified atom stereocenters. The Kier molecular flexibility index (Phi) is 7.49. The van der Waals surface area contributed by atoms with Gasteiger partial charge in [-0.25, -0.2) is 4.98 Å². The molecule has 1 fully saturated rings. The van der Waals surface area contributed by atoms with Gasteiger partial charge in [0.15, 0.2) is 5.13 Å². The fourth-order valence-electron chi connectivity index (χ4n) is 2.57. The van der Waals surface area contributed by atoms with Gasteiger partial charge in [0.2, 0.25) is 0 Å². The molecule has 1 saturated heterocycles. The molecular formula is C16H18Cl3N3O2S. The molecule has 3 rings (SSSR count). The van der Waals surface area contributed by atoms with Crippen LogP contribution in [-0.2, 0) is 16.0 Å². The van der Waals surface area contributed by atoms with Gasteiger partial charge >= 0.3 is 0 Å². The summed E-state index contributed by atoms with van der Waals surface area (Å²) >= 11 is 13.6. The van der Waals surface area contributed by atoms with Crippen molar-refractivity contribution in [1.82, 2.24) is 4.98 Å². The van der Waals surface area contributed by atoms with Crippen LogP contribution in [0.3, 0.4) is 0 Å². The highest BCUT2D eigenvalue weighted by molar-refractivity contribution is 7.15. The second kappa shape index (κ2) is 9.16. The SMILES string of the molecule is Cl.NC[C@H]1CC[C@@H](C(=O)Nc2ncc(Cc3cc(Cl)ccc3Cl)s2)O1. The van der Waals surface area contributed by atoms with Gasteiger partial charge in [-0.2, -0.15) is 0 Å². The molecule has 2 aromatic rings. The second-order valence-electron chi connectivity index (χ2n) is 5.59. The predicted octanol–water partition coefficient (Wildman–Crippen LogP) is 3.91. The standard InChI is InChI=1S/C16H17Cl2N3O2S.ClH/c17-10-1-3-13(18)9(5-10)6-12-8-20-16(24-12)21-15(22)14-4-2-11(7-19)23-14;/h1,3,5,8,11,14H,2,4,6-7,19H2,(H,20,21,22);1H/t11-,14+;/m1./s1. The molecule has 0 bridgehead atoms. The van der Waals surface area contributed by atoms with Crippen LogP contribution in [0.15, 0.2) is 24.4 Å². The van der Waals surface area contributed by atoms with Crippen molar-refractivity contribution < 1.29 is 9.53 Å². The zero-order valence-electron chi connectivity index (χ0n) is 13.2. The summed E-state index contributed by atoms with van der Waals surface area (Å²) in [5, 5.41) is 4.65. The number of hydrogen-bond acceptors (Lipinski definition) is 5. The zero-order chi connectivity index (χ0) is 17.1. The van der Waals surface area contributed by atoms with Gasteiger partial charge < -0.3 is 10.5 Å². The molecule has 1 amide bonds.